The largest absolute Gasteiger partial charge is 0.493 e. The van der Waals surface area contributed by atoms with Crippen LogP contribution in [0, 0.1) is 0 Å². The molecule has 0 aliphatic heterocycles. The number of methoxy groups -OCH3 is 1. The van der Waals surface area contributed by atoms with Crippen molar-refractivity contribution >= 4 is 16.7 Å². The smallest absolute Gasteiger partial charge is 0.161 e. The maximum atomic E-state index is 5.73. The summed E-state index contributed by atoms with van der Waals surface area (Å²) in [5.41, 5.74) is 0.922. The molecule has 22 heavy (non-hydrogen) atoms. The average molecular weight is 295 g/mol. The number of anilines is 1. The monoisotopic (exact) mass is 295 g/mol. The molecule has 3 aromatic rings. The summed E-state index contributed by atoms with van der Waals surface area (Å²) in [5.74, 6) is 2.28. The van der Waals surface area contributed by atoms with Gasteiger partial charge in [-0.05, 0) is 24.3 Å². The van der Waals surface area contributed by atoms with Crippen molar-refractivity contribution in [2.45, 2.75) is 0 Å². The van der Waals surface area contributed by atoms with E-state index in [-0.39, 0.29) is 0 Å². The van der Waals surface area contributed by atoms with E-state index in [4.69, 9.17) is 9.47 Å². The van der Waals surface area contributed by atoms with Gasteiger partial charge in [-0.25, -0.2) is 9.97 Å². The first kappa shape index (κ1) is 14.1. The number of para-hydroxylation sites is 3. The number of nitrogens with one attached hydrogen (secondary N) is 1. The third-order valence-electron chi connectivity index (χ3n) is 3.26. The quantitative estimate of drug-likeness (QED) is 0.708. The first-order chi connectivity index (χ1) is 10.9. The van der Waals surface area contributed by atoms with Crippen molar-refractivity contribution in [1.29, 1.82) is 0 Å². The molecule has 1 heterocycles. The molecule has 5 nitrogen and oxygen atoms in total. The topological polar surface area (TPSA) is 56.3 Å². The van der Waals surface area contributed by atoms with Gasteiger partial charge in [0.1, 0.15) is 18.8 Å². The van der Waals surface area contributed by atoms with Gasteiger partial charge in [-0.3, -0.25) is 0 Å². The third-order valence-corrected chi connectivity index (χ3v) is 3.26. The van der Waals surface area contributed by atoms with Gasteiger partial charge in [0.25, 0.3) is 0 Å². The number of nitrogens with zero attached hydrogens (tertiary/aromatic N) is 2. The molecule has 0 atom stereocenters. The predicted octanol–water partition coefficient (Wildman–Crippen LogP) is 3.13. The molecule has 5 heteroatoms. The Morgan fingerprint density at radius 3 is 2.59 bits per heavy atom. The van der Waals surface area contributed by atoms with Crippen molar-refractivity contribution in [1.82, 2.24) is 9.97 Å². The van der Waals surface area contributed by atoms with E-state index in [1.54, 1.807) is 13.4 Å². The van der Waals surface area contributed by atoms with Crippen LogP contribution in [0.25, 0.3) is 10.9 Å². The lowest BCUT2D eigenvalue weighted by atomic mass is 10.2. The average Bonchev–Trinajstić information content (AvgIpc) is 2.59. The number of hydrogen-bond donors (Lipinski definition) is 1. The number of benzene rings is 2. The van der Waals surface area contributed by atoms with Crippen LogP contribution in [0.5, 0.6) is 11.5 Å². The Hall–Kier alpha value is -2.82. The van der Waals surface area contributed by atoms with Gasteiger partial charge in [0.15, 0.2) is 11.5 Å². The molecule has 0 aliphatic rings. The van der Waals surface area contributed by atoms with Crippen molar-refractivity contribution in [2.75, 3.05) is 25.6 Å². The number of ether oxygens (including phenoxy) is 2. The van der Waals surface area contributed by atoms with E-state index in [1.165, 1.54) is 0 Å². The summed E-state index contributed by atoms with van der Waals surface area (Å²) >= 11 is 0. The van der Waals surface area contributed by atoms with Crippen molar-refractivity contribution in [3.8, 4) is 11.5 Å². The van der Waals surface area contributed by atoms with Gasteiger partial charge in [-0.1, -0.05) is 24.3 Å². The molecule has 1 aromatic heterocycles. The summed E-state index contributed by atoms with van der Waals surface area (Å²) in [6, 6.07) is 15.5. The lowest BCUT2D eigenvalue weighted by molar-refractivity contribution is 0.306. The fraction of sp³-hybridized carbons (Fsp3) is 0.176. The van der Waals surface area contributed by atoms with Gasteiger partial charge in [0.2, 0.25) is 0 Å². The molecule has 0 unspecified atom stereocenters. The zero-order valence-electron chi connectivity index (χ0n) is 12.3. The standard InChI is InChI=1S/C17H17N3O2/c1-21-15-8-4-5-9-16(15)22-11-10-18-17-13-6-2-3-7-14(13)19-12-20-17/h2-9,12H,10-11H2,1H3,(H,18,19,20). The van der Waals surface area contributed by atoms with E-state index in [9.17, 15) is 0 Å². The molecule has 0 radical (unpaired) electrons. The van der Waals surface area contributed by atoms with Crippen LogP contribution in [-0.2, 0) is 0 Å². The number of aromatic nitrogens is 2. The summed E-state index contributed by atoms with van der Waals surface area (Å²) in [6.07, 6.45) is 1.56. The number of hydrogen-bond acceptors (Lipinski definition) is 5. The molecular formula is C17H17N3O2. The van der Waals surface area contributed by atoms with Crippen LogP contribution in [-0.4, -0.2) is 30.2 Å². The van der Waals surface area contributed by atoms with E-state index < -0.39 is 0 Å². The van der Waals surface area contributed by atoms with Crippen LogP contribution in [0.1, 0.15) is 0 Å². The SMILES string of the molecule is COc1ccccc1OCCNc1ncnc2ccccc12. The molecule has 0 saturated heterocycles. The van der Waals surface area contributed by atoms with Crippen LogP contribution in [0.4, 0.5) is 5.82 Å². The lowest BCUT2D eigenvalue weighted by Crippen LogP contribution is -2.13. The molecule has 0 saturated carbocycles. The maximum Gasteiger partial charge on any atom is 0.161 e. The van der Waals surface area contributed by atoms with E-state index >= 15 is 0 Å². The molecule has 0 amide bonds. The molecule has 0 aliphatic carbocycles. The Kier molecular flexibility index (Phi) is 4.34. The minimum atomic E-state index is 0.513. The summed E-state index contributed by atoms with van der Waals surface area (Å²) in [4.78, 5) is 8.52. The van der Waals surface area contributed by atoms with Gasteiger partial charge in [0, 0.05) is 5.39 Å². The summed E-state index contributed by atoms with van der Waals surface area (Å²) < 4.78 is 11.0. The minimum Gasteiger partial charge on any atom is -0.493 e. The van der Waals surface area contributed by atoms with Crippen LogP contribution >= 0.6 is 0 Å². The van der Waals surface area contributed by atoms with Crippen molar-refractivity contribution < 1.29 is 9.47 Å². The summed E-state index contributed by atoms with van der Waals surface area (Å²) in [7, 11) is 1.63. The van der Waals surface area contributed by atoms with Gasteiger partial charge in [0.05, 0.1) is 19.2 Å². The second-order valence-corrected chi connectivity index (χ2v) is 4.67. The Labute approximate surface area is 128 Å². The van der Waals surface area contributed by atoms with E-state index in [0.29, 0.717) is 13.2 Å². The van der Waals surface area contributed by atoms with Crippen molar-refractivity contribution in [2.24, 2.45) is 0 Å². The van der Waals surface area contributed by atoms with Crippen molar-refractivity contribution in [3.63, 3.8) is 0 Å². The van der Waals surface area contributed by atoms with Crippen LogP contribution in [0.3, 0.4) is 0 Å². The fourth-order valence-corrected chi connectivity index (χ4v) is 2.21. The van der Waals surface area contributed by atoms with Gasteiger partial charge < -0.3 is 14.8 Å². The Morgan fingerprint density at radius 2 is 1.73 bits per heavy atom. The Bertz CT molecular complexity index is 756. The summed E-state index contributed by atoms with van der Waals surface area (Å²) in [5, 5.41) is 4.28. The number of fused-ring (bicyclic) bond motifs is 1. The second kappa shape index (κ2) is 6.76. The van der Waals surface area contributed by atoms with Gasteiger partial charge >= 0.3 is 0 Å². The minimum absolute atomic E-state index is 0.513. The van der Waals surface area contributed by atoms with E-state index in [2.05, 4.69) is 15.3 Å². The molecule has 2 aromatic carbocycles. The lowest BCUT2D eigenvalue weighted by Gasteiger charge is -2.11. The second-order valence-electron chi connectivity index (χ2n) is 4.67. The molecule has 0 spiro atoms. The van der Waals surface area contributed by atoms with Crippen LogP contribution < -0.4 is 14.8 Å². The van der Waals surface area contributed by atoms with Crippen LogP contribution in [0.2, 0.25) is 0 Å². The molecular weight excluding hydrogens is 278 g/mol. The fourth-order valence-electron chi connectivity index (χ4n) is 2.21. The van der Waals surface area contributed by atoms with Gasteiger partial charge in [-0.15, -0.1) is 0 Å². The molecule has 112 valence electrons. The highest BCUT2D eigenvalue weighted by molar-refractivity contribution is 5.88. The van der Waals surface area contributed by atoms with Crippen molar-refractivity contribution in [3.05, 3.63) is 54.9 Å². The predicted molar refractivity (Wildman–Crippen MR) is 86.5 cm³/mol. The zero-order chi connectivity index (χ0) is 15.2. The zero-order valence-corrected chi connectivity index (χ0v) is 12.3. The highest BCUT2D eigenvalue weighted by Crippen LogP contribution is 2.25. The molecule has 0 fully saturated rings. The van der Waals surface area contributed by atoms with E-state index in [1.807, 2.05) is 48.5 Å². The Balaban J connectivity index is 1.61. The molecule has 0 bridgehead atoms. The van der Waals surface area contributed by atoms with Crippen LogP contribution in [0.15, 0.2) is 54.9 Å². The highest BCUT2D eigenvalue weighted by Gasteiger charge is 2.04. The number of rotatable bonds is 6. The third kappa shape index (κ3) is 3.09. The normalized spacial score (nSPS) is 10.4. The molecule has 3 rings (SSSR count). The maximum absolute atomic E-state index is 5.73. The first-order valence-electron chi connectivity index (χ1n) is 7.08. The Morgan fingerprint density at radius 1 is 0.955 bits per heavy atom. The highest BCUT2D eigenvalue weighted by atomic mass is 16.5. The first-order valence-corrected chi connectivity index (χ1v) is 7.08. The van der Waals surface area contributed by atoms with Gasteiger partial charge in [-0.2, -0.15) is 0 Å². The van der Waals surface area contributed by atoms with E-state index in [0.717, 1.165) is 28.2 Å². The molecule has 1 N–H and O–H groups in total. The summed E-state index contributed by atoms with van der Waals surface area (Å²) in [6.45, 7) is 1.15.